The lowest BCUT2D eigenvalue weighted by molar-refractivity contribution is 0.0600. The molecule has 0 spiro atoms. The number of aromatic nitrogens is 1. The van der Waals surface area contributed by atoms with Crippen LogP contribution in [0.1, 0.15) is 33.2 Å². The minimum absolute atomic E-state index is 0.270. The van der Waals surface area contributed by atoms with Gasteiger partial charge in [0.05, 0.1) is 18.2 Å². The van der Waals surface area contributed by atoms with E-state index in [1.807, 2.05) is 18.2 Å². The van der Waals surface area contributed by atoms with Crippen LogP contribution in [-0.4, -0.2) is 30.5 Å². The maximum absolute atomic E-state index is 12.5. The molecule has 29 heavy (non-hydrogen) atoms. The number of hydrogen-bond acceptors (Lipinski definition) is 5. The lowest BCUT2D eigenvalue weighted by atomic mass is 10.2. The summed E-state index contributed by atoms with van der Waals surface area (Å²) in [7, 11) is 1.33. The summed E-state index contributed by atoms with van der Waals surface area (Å²) in [6, 6.07) is 18.3. The van der Waals surface area contributed by atoms with Gasteiger partial charge in [0.25, 0.3) is 5.91 Å². The summed E-state index contributed by atoms with van der Waals surface area (Å²) < 4.78 is 4.67. The molecule has 0 aliphatic rings. The molecule has 0 aliphatic carbocycles. The van der Waals surface area contributed by atoms with Crippen molar-refractivity contribution in [2.45, 2.75) is 13.8 Å². The second-order valence-electron chi connectivity index (χ2n) is 6.51. The van der Waals surface area contributed by atoms with E-state index in [1.54, 1.807) is 36.5 Å². The molecule has 0 radical (unpaired) electrons. The van der Waals surface area contributed by atoms with Crippen molar-refractivity contribution < 1.29 is 14.3 Å². The molecule has 0 unspecified atom stereocenters. The van der Waals surface area contributed by atoms with Crippen LogP contribution in [0.5, 0.6) is 0 Å². The Morgan fingerprint density at radius 3 is 2.34 bits per heavy atom. The molecule has 2 aromatic carbocycles. The van der Waals surface area contributed by atoms with Gasteiger partial charge in [-0.3, -0.25) is 4.79 Å². The summed E-state index contributed by atoms with van der Waals surface area (Å²) >= 11 is 0. The van der Waals surface area contributed by atoms with Gasteiger partial charge in [-0.1, -0.05) is 12.1 Å². The van der Waals surface area contributed by atoms with Gasteiger partial charge in [0, 0.05) is 24.1 Å². The Kier molecular flexibility index (Phi) is 6.24. The predicted octanol–water partition coefficient (Wildman–Crippen LogP) is 4.59. The first kappa shape index (κ1) is 20.1. The fourth-order valence-electron chi connectivity index (χ4n) is 2.96. The van der Waals surface area contributed by atoms with Crippen molar-refractivity contribution in [2.75, 3.05) is 23.9 Å². The van der Waals surface area contributed by atoms with Crippen LogP contribution in [0.15, 0.2) is 66.9 Å². The Morgan fingerprint density at radius 2 is 1.76 bits per heavy atom. The average molecular weight is 389 g/mol. The molecule has 6 nitrogen and oxygen atoms in total. The first-order chi connectivity index (χ1) is 14.0. The average Bonchev–Trinajstić information content (AvgIpc) is 2.75. The van der Waals surface area contributed by atoms with Crippen LogP contribution in [0.2, 0.25) is 0 Å². The molecule has 1 N–H and O–H groups in total. The zero-order valence-corrected chi connectivity index (χ0v) is 16.7. The third kappa shape index (κ3) is 4.79. The quantitative estimate of drug-likeness (QED) is 0.625. The molecule has 6 heteroatoms. The fourth-order valence-corrected chi connectivity index (χ4v) is 2.96. The smallest absolute Gasteiger partial charge is 0.337 e. The molecular weight excluding hydrogens is 366 g/mol. The Labute approximate surface area is 170 Å². The molecule has 0 aliphatic heterocycles. The van der Waals surface area contributed by atoms with Gasteiger partial charge in [0.15, 0.2) is 0 Å². The number of rotatable bonds is 6. The number of amides is 1. The monoisotopic (exact) mass is 389 g/mol. The zero-order valence-electron chi connectivity index (χ0n) is 16.7. The summed E-state index contributed by atoms with van der Waals surface area (Å²) in [5.41, 5.74) is 3.69. The van der Waals surface area contributed by atoms with Crippen molar-refractivity contribution in [1.82, 2.24) is 4.98 Å². The topological polar surface area (TPSA) is 71.5 Å². The number of ether oxygens (including phenoxy) is 1. The van der Waals surface area contributed by atoms with Gasteiger partial charge in [-0.25, -0.2) is 9.78 Å². The number of anilines is 3. The highest BCUT2D eigenvalue weighted by Crippen LogP contribution is 2.24. The molecule has 148 valence electrons. The van der Waals surface area contributed by atoms with Gasteiger partial charge in [0.1, 0.15) is 5.82 Å². The van der Waals surface area contributed by atoms with E-state index in [0.717, 1.165) is 18.1 Å². The van der Waals surface area contributed by atoms with Crippen molar-refractivity contribution in [1.29, 1.82) is 0 Å². The van der Waals surface area contributed by atoms with E-state index in [4.69, 9.17) is 0 Å². The summed E-state index contributed by atoms with van der Waals surface area (Å²) in [5, 5.41) is 2.80. The first-order valence-electron chi connectivity index (χ1n) is 9.32. The number of methoxy groups -OCH3 is 1. The number of nitrogens with one attached hydrogen (secondary N) is 1. The number of carbonyl (C=O) groups excluding carboxylic acids is 2. The molecule has 0 saturated heterocycles. The van der Waals surface area contributed by atoms with E-state index in [9.17, 15) is 9.59 Å². The second-order valence-corrected chi connectivity index (χ2v) is 6.51. The molecule has 0 atom stereocenters. The van der Waals surface area contributed by atoms with Crippen molar-refractivity contribution in [3.8, 4) is 0 Å². The van der Waals surface area contributed by atoms with E-state index in [1.165, 1.54) is 12.7 Å². The maximum Gasteiger partial charge on any atom is 0.337 e. The lowest BCUT2D eigenvalue weighted by Crippen LogP contribution is -2.18. The fraction of sp³-hybridized carbons (Fsp3) is 0.174. The highest BCUT2D eigenvalue weighted by Gasteiger charge is 2.12. The number of hydrogen-bond donors (Lipinski definition) is 1. The number of benzene rings is 2. The van der Waals surface area contributed by atoms with Crippen molar-refractivity contribution in [3.05, 3.63) is 83.6 Å². The minimum atomic E-state index is -0.420. The molecule has 1 heterocycles. The highest BCUT2D eigenvalue weighted by molar-refractivity contribution is 6.04. The van der Waals surface area contributed by atoms with Crippen LogP contribution >= 0.6 is 0 Å². The lowest BCUT2D eigenvalue weighted by Gasteiger charge is -2.22. The normalized spacial score (nSPS) is 10.3. The summed E-state index contributed by atoms with van der Waals surface area (Å²) in [6.07, 6.45) is 1.56. The summed E-state index contributed by atoms with van der Waals surface area (Å²) in [4.78, 5) is 30.5. The molecule has 0 saturated carbocycles. The predicted molar refractivity (Wildman–Crippen MR) is 114 cm³/mol. The summed E-state index contributed by atoms with van der Waals surface area (Å²) in [5.74, 6) is 0.0855. The summed E-state index contributed by atoms with van der Waals surface area (Å²) in [6.45, 7) is 4.87. The van der Waals surface area contributed by atoms with Crippen LogP contribution < -0.4 is 10.2 Å². The molecule has 0 fully saturated rings. The Bertz CT molecular complexity index is 999. The maximum atomic E-state index is 12.5. The molecular formula is C23H23N3O3. The number of esters is 1. The third-order valence-electron chi connectivity index (χ3n) is 4.48. The third-order valence-corrected chi connectivity index (χ3v) is 4.48. The minimum Gasteiger partial charge on any atom is -0.465 e. The largest absolute Gasteiger partial charge is 0.465 e. The number of nitrogens with zero attached hydrogens (tertiary/aromatic N) is 2. The van der Waals surface area contributed by atoms with Gasteiger partial charge < -0.3 is 15.0 Å². The zero-order chi connectivity index (χ0) is 20.8. The van der Waals surface area contributed by atoms with E-state index in [2.05, 4.69) is 45.9 Å². The standard InChI is InChI=1S/C23H23N3O3/c1-4-26(20-7-5-6-16(2)14-20)21-13-10-18(15-24-21)22(27)25-19-11-8-17(9-12-19)23(28)29-3/h5-15H,4H2,1-3H3,(H,25,27). The Morgan fingerprint density at radius 1 is 1.03 bits per heavy atom. The first-order valence-corrected chi connectivity index (χ1v) is 9.32. The number of aryl methyl sites for hydroxylation is 1. The van der Waals surface area contributed by atoms with Crippen LogP contribution in [0.3, 0.4) is 0 Å². The van der Waals surface area contributed by atoms with Crippen molar-refractivity contribution in [2.24, 2.45) is 0 Å². The van der Waals surface area contributed by atoms with E-state index in [-0.39, 0.29) is 5.91 Å². The number of pyridine rings is 1. The van der Waals surface area contributed by atoms with Gasteiger partial charge in [-0.15, -0.1) is 0 Å². The van der Waals surface area contributed by atoms with Gasteiger partial charge in [-0.05, 0) is 67.9 Å². The number of carbonyl (C=O) groups is 2. The molecule has 1 amide bonds. The van der Waals surface area contributed by atoms with Crippen molar-refractivity contribution >= 4 is 29.1 Å². The second kappa shape index (κ2) is 9.01. The molecule has 1 aromatic heterocycles. The van der Waals surface area contributed by atoms with Crippen LogP contribution in [0, 0.1) is 6.92 Å². The Balaban J connectivity index is 1.72. The highest BCUT2D eigenvalue weighted by atomic mass is 16.5. The van der Waals surface area contributed by atoms with Crippen LogP contribution in [0.25, 0.3) is 0 Å². The van der Waals surface area contributed by atoms with Gasteiger partial charge >= 0.3 is 5.97 Å². The van der Waals surface area contributed by atoms with E-state index in [0.29, 0.717) is 16.8 Å². The SMILES string of the molecule is CCN(c1cccc(C)c1)c1ccc(C(=O)Nc2ccc(C(=O)OC)cc2)cn1. The van der Waals surface area contributed by atoms with Gasteiger partial charge in [0.2, 0.25) is 0 Å². The van der Waals surface area contributed by atoms with Crippen LogP contribution in [-0.2, 0) is 4.74 Å². The molecule has 3 aromatic rings. The Hall–Kier alpha value is -3.67. The molecule has 3 rings (SSSR count). The molecule has 0 bridgehead atoms. The van der Waals surface area contributed by atoms with E-state index < -0.39 is 5.97 Å². The van der Waals surface area contributed by atoms with E-state index >= 15 is 0 Å². The van der Waals surface area contributed by atoms with Crippen LogP contribution in [0.4, 0.5) is 17.2 Å². The van der Waals surface area contributed by atoms with Crippen molar-refractivity contribution in [3.63, 3.8) is 0 Å². The van der Waals surface area contributed by atoms with Gasteiger partial charge in [-0.2, -0.15) is 0 Å².